The molecule has 5 heteroatoms. The predicted molar refractivity (Wildman–Crippen MR) is 59.6 cm³/mol. The van der Waals surface area contributed by atoms with Gasteiger partial charge in [0.1, 0.15) is 17.7 Å². The molecule has 88 valence electrons. The minimum atomic E-state index is -0.887. The van der Waals surface area contributed by atoms with Crippen molar-refractivity contribution >= 4 is 5.97 Å². The summed E-state index contributed by atoms with van der Waals surface area (Å²) in [7, 11) is 0. The SMILES string of the molecule is O=C(O)CCc1nc(-c2cccc(O)c2)co1. The van der Waals surface area contributed by atoms with Crippen LogP contribution in [0.25, 0.3) is 11.3 Å². The lowest BCUT2D eigenvalue weighted by molar-refractivity contribution is -0.137. The van der Waals surface area contributed by atoms with Gasteiger partial charge in [-0.3, -0.25) is 4.79 Å². The third kappa shape index (κ3) is 2.84. The summed E-state index contributed by atoms with van der Waals surface area (Å²) >= 11 is 0. The van der Waals surface area contributed by atoms with Gasteiger partial charge in [-0.25, -0.2) is 4.98 Å². The van der Waals surface area contributed by atoms with Crippen molar-refractivity contribution in [3.63, 3.8) is 0 Å². The second-order valence-electron chi connectivity index (χ2n) is 3.57. The zero-order valence-electron chi connectivity index (χ0n) is 8.96. The van der Waals surface area contributed by atoms with Crippen LogP contribution in [0.4, 0.5) is 0 Å². The molecule has 0 radical (unpaired) electrons. The number of aromatic hydroxyl groups is 1. The van der Waals surface area contributed by atoms with Crippen LogP contribution in [-0.4, -0.2) is 21.2 Å². The lowest BCUT2D eigenvalue weighted by atomic mass is 10.2. The van der Waals surface area contributed by atoms with Crippen molar-refractivity contribution in [3.05, 3.63) is 36.4 Å². The van der Waals surface area contributed by atoms with Crippen molar-refractivity contribution in [3.8, 4) is 17.0 Å². The summed E-state index contributed by atoms with van der Waals surface area (Å²) in [6, 6.07) is 6.63. The first kappa shape index (κ1) is 11.2. The molecule has 2 aromatic rings. The molecule has 0 unspecified atom stereocenters. The van der Waals surface area contributed by atoms with Gasteiger partial charge in [-0.1, -0.05) is 12.1 Å². The maximum atomic E-state index is 10.4. The number of carbonyl (C=O) groups is 1. The Hall–Kier alpha value is -2.30. The van der Waals surface area contributed by atoms with Crippen molar-refractivity contribution in [2.75, 3.05) is 0 Å². The number of phenols is 1. The fraction of sp³-hybridized carbons (Fsp3) is 0.167. The molecule has 0 bridgehead atoms. The zero-order valence-corrected chi connectivity index (χ0v) is 8.96. The van der Waals surface area contributed by atoms with E-state index in [1.165, 1.54) is 6.26 Å². The first-order chi connectivity index (χ1) is 8.15. The maximum Gasteiger partial charge on any atom is 0.303 e. The molecule has 0 atom stereocenters. The van der Waals surface area contributed by atoms with Crippen LogP contribution in [0.3, 0.4) is 0 Å². The Morgan fingerprint density at radius 2 is 2.24 bits per heavy atom. The third-order valence-corrected chi connectivity index (χ3v) is 2.25. The highest BCUT2D eigenvalue weighted by atomic mass is 16.4. The van der Waals surface area contributed by atoms with E-state index in [-0.39, 0.29) is 18.6 Å². The van der Waals surface area contributed by atoms with Crippen LogP contribution in [0.5, 0.6) is 5.75 Å². The molecular weight excluding hydrogens is 222 g/mol. The summed E-state index contributed by atoms with van der Waals surface area (Å²) < 4.78 is 5.15. The van der Waals surface area contributed by atoms with Gasteiger partial charge in [0.05, 0.1) is 6.42 Å². The quantitative estimate of drug-likeness (QED) is 0.844. The van der Waals surface area contributed by atoms with E-state index in [4.69, 9.17) is 9.52 Å². The molecule has 1 aromatic carbocycles. The molecule has 0 aliphatic rings. The number of nitrogens with zero attached hydrogens (tertiary/aromatic N) is 1. The van der Waals surface area contributed by atoms with Crippen molar-refractivity contribution in [1.29, 1.82) is 0 Å². The molecular formula is C12H11NO4. The monoisotopic (exact) mass is 233 g/mol. The van der Waals surface area contributed by atoms with E-state index in [9.17, 15) is 9.90 Å². The molecule has 0 saturated heterocycles. The average Bonchev–Trinajstić information content (AvgIpc) is 2.75. The van der Waals surface area contributed by atoms with Gasteiger partial charge in [-0.15, -0.1) is 0 Å². The number of aromatic nitrogens is 1. The van der Waals surface area contributed by atoms with Crippen LogP contribution in [0.2, 0.25) is 0 Å². The van der Waals surface area contributed by atoms with Gasteiger partial charge in [0.25, 0.3) is 0 Å². The molecule has 2 rings (SSSR count). The van der Waals surface area contributed by atoms with Crippen molar-refractivity contribution in [2.24, 2.45) is 0 Å². The first-order valence-corrected chi connectivity index (χ1v) is 5.11. The molecule has 1 aromatic heterocycles. The maximum absolute atomic E-state index is 10.4. The Kier molecular flexibility index (Phi) is 3.09. The number of phenolic OH excluding ortho intramolecular Hbond substituents is 1. The highest BCUT2D eigenvalue weighted by Gasteiger charge is 2.08. The number of hydrogen-bond donors (Lipinski definition) is 2. The fourth-order valence-electron chi connectivity index (χ4n) is 1.44. The number of aliphatic carboxylic acids is 1. The molecule has 1 heterocycles. The number of aryl methyl sites for hydroxylation is 1. The fourth-order valence-corrected chi connectivity index (χ4v) is 1.44. The van der Waals surface area contributed by atoms with Crippen LogP contribution in [0.1, 0.15) is 12.3 Å². The largest absolute Gasteiger partial charge is 0.508 e. The molecule has 0 spiro atoms. The molecule has 5 nitrogen and oxygen atoms in total. The number of benzene rings is 1. The minimum Gasteiger partial charge on any atom is -0.508 e. The van der Waals surface area contributed by atoms with Gasteiger partial charge in [-0.2, -0.15) is 0 Å². The van der Waals surface area contributed by atoms with Crippen molar-refractivity contribution in [2.45, 2.75) is 12.8 Å². The van der Waals surface area contributed by atoms with Crippen molar-refractivity contribution < 1.29 is 19.4 Å². The predicted octanol–water partition coefficient (Wildman–Crippen LogP) is 2.06. The Morgan fingerprint density at radius 3 is 2.94 bits per heavy atom. The molecule has 0 fully saturated rings. The Bertz CT molecular complexity index is 533. The highest BCUT2D eigenvalue weighted by Crippen LogP contribution is 2.22. The Balaban J connectivity index is 2.15. The standard InChI is InChI=1S/C12H11NO4/c14-9-3-1-2-8(6-9)10-7-17-11(13-10)4-5-12(15)16/h1-3,6-7,14H,4-5H2,(H,15,16). The van der Waals surface area contributed by atoms with E-state index >= 15 is 0 Å². The molecule has 0 aliphatic heterocycles. The smallest absolute Gasteiger partial charge is 0.303 e. The topological polar surface area (TPSA) is 83.6 Å². The summed E-state index contributed by atoms with van der Waals surface area (Å²) in [6.45, 7) is 0. The van der Waals surface area contributed by atoms with Crippen molar-refractivity contribution in [1.82, 2.24) is 4.98 Å². The summed E-state index contributed by atoms with van der Waals surface area (Å²) in [4.78, 5) is 14.5. The minimum absolute atomic E-state index is 0.0139. The van der Waals surface area contributed by atoms with Crippen LogP contribution in [0, 0.1) is 0 Å². The van der Waals surface area contributed by atoms with Crippen LogP contribution in [-0.2, 0) is 11.2 Å². The van der Waals surface area contributed by atoms with Crippen LogP contribution >= 0.6 is 0 Å². The van der Waals surface area contributed by atoms with E-state index in [1.54, 1.807) is 24.3 Å². The Labute approximate surface area is 97.3 Å². The van der Waals surface area contributed by atoms with E-state index in [0.29, 0.717) is 11.6 Å². The van der Waals surface area contributed by atoms with Gasteiger partial charge in [-0.05, 0) is 12.1 Å². The molecule has 0 aliphatic carbocycles. The third-order valence-electron chi connectivity index (χ3n) is 2.25. The summed E-state index contributed by atoms with van der Waals surface area (Å²) in [6.07, 6.45) is 1.69. The lowest BCUT2D eigenvalue weighted by Gasteiger charge is -1.95. The van der Waals surface area contributed by atoms with Gasteiger partial charge in [0.15, 0.2) is 5.89 Å². The zero-order chi connectivity index (χ0) is 12.3. The Morgan fingerprint density at radius 1 is 1.41 bits per heavy atom. The number of carboxylic acid groups (broad SMARTS) is 1. The first-order valence-electron chi connectivity index (χ1n) is 5.11. The van der Waals surface area contributed by atoms with E-state index in [1.807, 2.05) is 0 Å². The molecule has 2 N–H and O–H groups in total. The summed E-state index contributed by atoms with van der Waals surface area (Å²) in [5.41, 5.74) is 1.32. The van der Waals surface area contributed by atoms with E-state index in [0.717, 1.165) is 5.56 Å². The van der Waals surface area contributed by atoms with Gasteiger partial charge in [0, 0.05) is 12.0 Å². The summed E-state index contributed by atoms with van der Waals surface area (Å²) in [5, 5.41) is 17.9. The molecule has 17 heavy (non-hydrogen) atoms. The lowest BCUT2D eigenvalue weighted by Crippen LogP contribution is -1.97. The van der Waals surface area contributed by atoms with Gasteiger partial charge in [0.2, 0.25) is 0 Å². The number of carboxylic acids is 1. The highest BCUT2D eigenvalue weighted by molar-refractivity contribution is 5.67. The average molecular weight is 233 g/mol. The number of rotatable bonds is 4. The van der Waals surface area contributed by atoms with Gasteiger partial charge < -0.3 is 14.6 Å². The van der Waals surface area contributed by atoms with E-state index in [2.05, 4.69) is 4.98 Å². The van der Waals surface area contributed by atoms with Gasteiger partial charge >= 0.3 is 5.97 Å². The number of hydrogen-bond acceptors (Lipinski definition) is 4. The second kappa shape index (κ2) is 4.69. The molecule has 0 amide bonds. The second-order valence-corrected chi connectivity index (χ2v) is 3.57. The number of oxazole rings is 1. The summed E-state index contributed by atoms with van der Waals surface area (Å²) in [5.74, 6) is -0.356. The molecule has 0 saturated carbocycles. The van der Waals surface area contributed by atoms with Crippen LogP contribution < -0.4 is 0 Å². The van der Waals surface area contributed by atoms with Crippen LogP contribution in [0.15, 0.2) is 34.9 Å². The normalized spacial score (nSPS) is 10.4. The van der Waals surface area contributed by atoms with E-state index < -0.39 is 5.97 Å².